The fourth-order valence-electron chi connectivity index (χ4n) is 1.56. The zero-order chi connectivity index (χ0) is 12.4. The number of methoxy groups -OCH3 is 2. The molecule has 2 rings (SSSR count). The summed E-state index contributed by atoms with van der Waals surface area (Å²) < 4.78 is 21.3. The molecule has 0 spiro atoms. The molecule has 1 aliphatic rings. The van der Waals surface area contributed by atoms with Crippen LogP contribution in [0.3, 0.4) is 0 Å². The number of hydrogen-bond acceptors (Lipinski definition) is 5. The lowest BCUT2D eigenvalue weighted by atomic mass is 10.1. The number of carbonyl (C=O) groups is 1. The predicted molar refractivity (Wildman–Crippen MR) is 63.0 cm³/mol. The first-order chi connectivity index (χ1) is 8.19. The molecule has 92 valence electrons. The summed E-state index contributed by atoms with van der Waals surface area (Å²) in [6, 6.07) is 1.56. The minimum atomic E-state index is -0.466. The van der Waals surface area contributed by atoms with Gasteiger partial charge in [0.05, 0.1) is 24.3 Å². The summed E-state index contributed by atoms with van der Waals surface area (Å²) in [5, 5.41) is 0. The zero-order valence-corrected chi connectivity index (χ0v) is 11.0. The van der Waals surface area contributed by atoms with Crippen LogP contribution in [0.15, 0.2) is 10.5 Å². The molecule has 0 saturated carbocycles. The molecule has 6 heteroatoms. The Bertz CT molecular complexity index is 458. The van der Waals surface area contributed by atoms with E-state index in [1.54, 1.807) is 6.07 Å². The Labute approximate surface area is 107 Å². The Balaban J connectivity index is 2.60. The van der Waals surface area contributed by atoms with E-state index in [9.17, 15) is 4.79 Å². The summed E-state index contributed by atoms with van der Waals surface area (Å²) >= 11 is 3.31. The number of carbonyl (C=O) groups excluding carboxylic acids is 1. The SMILES string of the molecule is COC(=O)c1cc(OC)c2c(c1Br)OCCO2. The van der Waals surface area contributed by atoms with E-state index in [-0.39, 0.29) is 0 Å². The Hall–Kier alpha value is -1.43. The molecular formula is C11H11BrO5. The van der Waals surface area contributed by atoms with Crippen LogP contribution < -0.4 is 14.2 Å². The van der Waals surface area contributed by atoms with Crippen molar-refractivity contribution in [3.05, 3.63) is 16.1 Å². The molecule has 0 radical (unpaired) electrons. The van der Waals surface area contributed by atoms with Crippen molar-refractivity contribution in [2.75, 3.05) is 27.4 Å². The van der Waals surface area contributed by atoms with Crippen molar-refractivity contribution >= 4 is 21.9 Å². The van der Waals surface area contributed by atoms with E-state index in [4.69, 9.17) is 14.2 Å². The lowest BCUT2D eigenvalue weighted by molar-refractivity contribution is 0.0597. The lowest BCUT2D eigenvalue weighted by Gasteiger charge is -2.22. The van der Waals surface area contributed by atoms with E-state index in [2.05, 4.69) is 20.7 Å². The molecule has 5 nitrogen and oxygen atoms in total. The minimum Gasteiger partial charge on any atom is -0.493 e. The highest BCUT2D eigenvalue weighted by atomic mass is 79.9. The van der Waals surface area contributed by atoms with Gasteiger partial charge >= 0.3 is 5.97 Å². The van der Waals surface area contributed by atoms with Crippen LogP contribution in [-0.2, 0) is 4.74 Å². The minimum absolute atomic E-state index is 0.341. The average molecular weight is 303 g/mol. The number of fused-ring (bicyclic) bond motifs is 1. The van der Waals surface area contributed by atoms with Crippen LogP contribution in [0.25, 0.3) is 0 Å². The van der Waals surface area contributed by atoms with Crippen molar-refractivity contribution in [2.24, 2.45) is 0 Å². The Morgan fingerprint density at radius 3 is 2.53 bits per heavy atom. The maximum absolute atomic E-state index is 11.6. The lowest BCUT2D eigenvalue weighted by Crippen LogP contribution is -2.17. The van der Waals surface area contributed by atoms with E-state index in [0.717, 1.165) is 0 Å². The third-order valence-electron chi connectivity index (χ3n) is 2.34. The number of hydrogen-bond donors (Lipinski definition) is 0. The third-order valence-corrected chi connectivity index (χ3v) is 3.13. The van der Waals surface area contributed by atoms with Crippen molar-refractivity contribution in [2.45, 2.75) is 0 Å². The second-order valence-corrected chi connectivity index (χ2v) is 4.08. The van der Waals surface area contributed by atoms with Gasteiger partial charge in [-0.25, -0.2) is 4.79 Å². The van der Waals surface area contributed by atoms with E-state index < -0.39 is 5.97 Å². The molecule has 0 unspecified atom stereocenters. The molecule has 0 fully saturated rings. The first-order valence-corrected chi connectivity index (χ1v) is 5.72. The van der Waals surface area contributed by atoms with E-state index >= 15 is 0 Å². The van der Waals surface area contributed by atoms with Crippen LogP contribution in [0, 0.1) is 0 Å². The quantitative estimate of drug-likeness (QED) is 0.782. The number of benzene rings is 1. The van der Waals surface area contributed by atoms with Gasteiger partial charge in [0.2, 0.25) is 5.75 Å². The van der Waals surface area contributed by atoms with E-state index in [0.29, 0.717) is 40.5 Å². The first kappa shape index (κ1) is 12.0. The second kappa shape index (κ2) is 4.83. The van der Waals surface area contributed by atoms with Gasteiger partial charge in [0.1, 0.15) is 13.2 Å². The van der Waals surface area contributed by atoms with Gasteiger partial charge in [-0.05, 0) is 22.0 Å². The average Bonchev–Trinajstić information content (AvgIpc) is 2.39. The Morgan fingerprint density at radius 2 is 1.94 bits per heavy atom. The summed E-state index contributed by atoms with van der Waals surface area (Å²) in [5.74, 6) is 0.949. The van der Waals surface area contributed by atoms with Gasteiger partial charge in [-0.15, -0.1) is 0 Å². The summed E-state index contributed by atoms with van der Waals surface area (Å²) in [6.45, 7) is 0.882. The number of esters is 1. The largest absolute Gasteiger partial charge is 0.493 e. The Morgan fingerprint density at radius 1 is 1.29 bits per heavy atom. The summed E-state index contributed by atoms with van der Waals surface area (Å²) in [5.41, 5.74) is 0.341. The zero-order valence-electron chi connectivity index (χ0n) is 9.41. The molecule has 0 aromatic heterocycles. The smallest absolute Gasteiger partial charge is 0.339 e. The summed E-state index contributed by atoms with van der Waals surface area (Å²) in [6.07, 6.45) is 0. The third kappa shape index (κ3) is 2.04. The van der Waals surface area contributed by atoms with Gasteiger partial charge in [0.15, 0.2) is 11.5 Å². The molecule has 1 heterocycles. The summed E-state index contributed by atoms with van der Waals surface area (Å²) in [4.78, 5) is 11.6. The van der Waals surface area contributed by atoms with Gasteiger partial charge in [-0.3, -0.25) is 0 Å². The van der Waals surface area contributed by atoms with Crippen LogP contribution in [0.1, 0.15) is 10.4 Å². The number of ether oxygens (including phenoxy) is 4. The molecule has 0 saturated heterocycles. The topological polar surface area (TPSA) is 54.0 Å². The molecule has 0 aliphatic carbocycles. The van der Waals surface area contributed by atoms with Gasteiger partial charge in [0, 0.05) is 0 Å². The highest BCUT2D eigenvalue weighted by Crippen LogP contribution is 2.46. The van der Waals surface area contributed by atoms with E-state index in [1.165, 1.54) is 14.2 Å². The van der Waals surface area contributed by atoms with Crippen molar-refractivity contribution in [1.82, 2.24) is 0 Å². The van der Waals surface area contributed by atoms with Crippen LogP contribution >= 0.6 is 15.9 Å². The van der Waals surface area contributed by atoms with Gasteiger partial charge < -0.3 is 18.9 Å². The molecule has 0 bridgehead atoms. The second-order valence-electron chi connectivity index (χ2n) is 3.29. The van der Waals surface area contributed by atoms with Crippen molar-refractivity contribution in [3.63, 3.8) is 0 Å². The van der Waals surface area contributed by atoms with Crippen molar-refractivity contribution in [3.8, 4) is 17.2 Å². The van der Waals surface area contributed by atoms with Crippen LogP contribution in [-0.4, -0.2) is 33.4 Å². The van der Waals surface area contributed by atoms with Gasteiger partial charge in [0.25, 0.3) is 0 Å². The van der Waals surface area contributed by atoms with Gasteiger partial charge in [-0.2, -0.15) is 0 Å². The van der Waals surface area contributed by atoms with Crippen LogP contribution in [0.5, 0.6) is 17.2 Å². The molecule has 1 aromatic carbocycles. The van der Waals surface area contributed by atoms with Crippen LogP contribution in [0.4, 0.5) is 0 Å². The molecule has 0 atom stereocenters. The molecule has 0 amide bonds. The first-order valence-electron chi connectivity index (χ1n) is 4.93. The van der Waals surface area contributed by atoms with Crippen molar-refractivity contribution in [1.29, 1.82) is 0 Å². The normalized spacial score (nSPS) is 13.1. The fourth-order valence-corrected chi connectivity index (χ4v) is 2.13. The molecule has 17 heavy (non-hydrogen) atoms. The molecule has 1 aromatic rings. The van der Waals surface area contributed by atoms with Crippen LogP contribution in [0.2, 0.25) is 0 Å². The van der Waals surface area contributed by atoms with E-state index in [1.807, 2.05) is 0 Å². The monoisotopic (exact) mass is 302 g/mol. The predicted octanol–water partition coefficient (Wildman–Crippen LogP) is 2.02. The standard InChI is InChI=1S/C11H11BrO5/c1-14-7-5-6(11(13)15-2)8(12)10-9(7)16-3-4-17-10/h5H,3-4H2,1-2H3. The number of halogens is 1. The highest BCUT2D eigenvalue weighted by Gasteiger charge is 2.26. The van der Waals surface area contributed by atoms with Crippen molar-refractivity contribution < 1.29 is 23.7 Å². The summed E-state index contributed by atoms with van der Waals surface area (Å²) in [7, 11) is 2.82. The number of rotatable bonds is 2. The molecule has 0 N–H and O–H groups in total. The fraction of sp³-hybridized carbons (Fsp3) is 0.364. The Kier molecular flexibility index (Phi) is 3.42. The van der Waals surface area contributed by atoms with Gasteiger partial charge in [-0.1, -0.05) is 0 Å². The maximum atomic E-state index is 11.6. The molecular weight excluding hydrogens is 292 g/mol. The molecule has 1 aliphatic heterocycles. The maximum Gasteiger partial charge on any atom is 0.339 e. The highest BCUT2D eigenvalue weighted by molar-refractivity contribution is 9.10.